The van der Waals surface area contributed by atoms with Gasteiger partial charge in [-0.3, -0.25) is 9.59 Å². The van der Waals surface area contributed by atoms with Gasteiger partial charge in [0.1, 0.15) is 0 Å². The van der Waals surface area contributed by atoms with E-state index in [0.29, 0.717) is 0 Å². The minimum Gasteiger partial charge on any atom is -0.481 e. The molecule has 0 bridgehead atoms. The number of rotatable bonds is 6. The summed E-state index contributed by atoms with van der Waals surface area (Å²) in [7, 11) is 0. The lowest BCUT2D eigenvalue weighted by Crippen LogP contribution is -2.46. The van der Waals surface area contributed by atoms with Crippen LogP contribution in [0, 0.1) is 5.41 Å². The third-order valence-electron chi connectivity index (χ3n) is 4.44. The molecular formula is C16H21NO3. The van der Waals surface area contributed by atoms with Crippen LogP contribution in [0.25, 0.3) is 0 Å². The van der Waals surface area contributed by atoms with Crippen molar-refractivity contribution in [1.29, 1.82) is 0 Å². The monoisotopic (exact) mass is 275 g/mol. The number of carboxylic acid groups (broad SMARTS) is 1. The quantitative estimate of drug-likeness (QED) is 0.838. The highest BCUT2D eigenvalue weighted by Crippen LogP contribution is 2.43. The second-order valence-corrected chi connectivity index (χ2v) is 5.50. The van der Waals surface area contributed by atoms with Gasteiger partial charge in [-0.15, -0.1) is 0 Å². The van der Waals surface area contributed by atoms with Crippen molar-refractivity contribution in [2.75, 3.05) is 6.54 Å². The molecule has 4 nitrogen and oxygen atoms in total. The summed E-state index contributed by atoms with van der Waals surface area (Å²) in [6.07, 6.45) is 3.74. The molecular weight excluding hydrogens is 254 g/mol. The predicted octanol–water partition coefficient (Wildman–Crippen LogP) is 2.55. The highest BCUT2D eigenvalue weighted by atomic mass is 16.4. The first kappa shape index (κ1) is 14.6. The average Bonchev–Trinajstić information content (AvgIpc) is 2.39. The van der Waals surface area contributed by atoms with Gasteiger partial charge >= 0.3 is 5.97 Å². The molecule has 4 heteroatoms. The smallest absolute Gasteiger partial charge is 0.312 e. The Morgan fingerprint density at radius 2 is 1.95 bits per heavy atom. The molecule has 1 amide bonds. The lowest BCUT2D eigenvalue weighted by Gasteiger charge is -2.39. The zero-order chi connectivity index (χ0) is 14.6. The third-order valence-corrected chi connectivity index (χ3v) is 4.44. The first-order valence-electron chi connectivity index (χ1n) is 7.15. The first-order valence-corrected chi connectivity index (χ1v) is 7.15. The topological polar surface area (TPSA) is 66.4 Å². The first-order chi connectivity index (χ1) is 9.59. The normalized spacial score (nSPS) is 17.9. The van der Waals surface area contributed by atoms with Crippen molar-refractivity contribution in [3.05, 3.63) is 35.9 Å². The van der Waals surface area contributed by atoms with Crippen LogP contribution in [0.2, 0.25) is 0 Å². The summed E-state index contributed by atoms with van der Waals surface area (Å²) in [5.41, 5.74) is 0.471. The van der Waals surface area contributed by atoms with Gasteiger partial charge in [0.2, 0.25) is 5.91 Å². The van der Waals surface area contributed by atoms with Gasteiger partial charge < -0.3 is 10.4 Å². The van der Waals surface area contributed by atoms with Crippen LogP contribution in [0.1, 0.15) is 44.1 Å². The number of carbonyl (C=O) groups excluding carboxylic acids is 1. The van der Waals surface area contributed by atoms with Crippen LogP contribution in [0.5, 0.6) is 0 Å². The molecule has 108 valence electrons. The Kier molecular flexibility index (Phi) is 4.42. The van der Waals surface area contributed by atoms with E-state index in [4.69, 9.17) is 0 Å². The molecule has 0 spiro atoms. The standard InChI is InChI=1S/C16H21NO3/c1-2-16(9-6-10-16)15(20)17-11-13(14(18)19)12-7-4-3-5-8-12/h3-5,7-8,13H,2,6,9-11H2,1H3,(H,17,20)(H,18,19). The maximum absolute atomic E-state index is 12.2. The van der Waals surface area contributed by atoms with E-state index in [9.17, 15) is 14.7 Å². The third kappa shape index (κ3) is 2.84. The SMILES string of the molecule is CCC1(C(=O)NCC(C(=O)O)c2ccccc2)CCC1. The molecule has 0 radical (unpaired) electrons. The van der Waals surface area contributed by atoms with Crippen molar-refractivity contribution < 1.29 is 14.7 Å². The number of benzene rings is 1. The zero-order valence-electron chi connectivity index (χ0n) is 11.8. The Morgan fingerprint density at radius 1 is 1.30 bits per heavy atom. The Morgan fingerprint density at radius 3 is 2.40 bits per heavy atom. The molecule has 2 rings (SSSR count). The number of carbonyl (C=O) groups is 2. The van der Waals surface area contributed by atoms with Crippen LogP contribution < -0.4 is 5.32 Å². The molecule has 0 aliphatic heterocycles. The fourth-order valence-electron chi connectivity index (χ4n) is 2.76. The molecule has 0 aromatic heterocycles. The van der Waals surface area contributed by atoms with Crippen molar-refractivity contribution in [2.24, 2.45) is 5.41 Å². The van der Waals surface area contributed by atoms with E-state index >= 15 is 0 Å². The number of hydrogen-bond acceptors (Lipinski definition) is 2. The van der Waals surface area contributed by atoms with E-state index in [1.807, 2.05) is 25.1 Å². The summed E-state index contributed by atoms with van der Waals surface area (Å²) >= 11 is 0. The van der Waals surface area contributed by atoms with Crippen LogP contribution in [0.3, 0.4) is 0 Å². The molecule has 1 atom stereocenters. The Balaban J connectivity index is 2.00. The van der Waals surface area contributed by atoms with Crippen molar-refractivity contribution in [1.82, 2.24) is 5.32 Å². The molecule has 1 aliphatic rings. The number of carboxylic acids is 1. The van der Waals surface area contributed by atoms with E-state index < -0.39 is 11.9 Å². The molecule has 2 N–H and O–H groups in total. The molecule has 1 aromatic carbocycles. The highest BCUT2D eigenvalue weighted by Gasteiger charge is 2.42. The molecule has 1 saturated carbocycles. The Hall–Kier alpha value is -1.84. The average molecular weight is 275 g/mol. The van der Waals surface area contributed by atoms with Crippen LogP contribution in [-0.2, 0) is 9.59 Å². The van der Waals surface area contributed by atoms with Gasteiger partial charge in [0.25, 0.3) is 0 Å². The van der Waals surface area contributed by atoms with Gasteiger partial charge in [-0.1, -0.05) is 43.7 Å². The van der Waals surface area contributed by atoms with Gasteiger partial charge in [0.05, 0.1) is 5.92 Å². The van der Waals surface area contributed by atoms with Crippen molar-refractivity contribution in [3.8, 4) is 0 Å². The van der Waals surface area contributed by atoms with Crippen molar-refractivity contribution >= 4 is 11.9 Å². The second-order valence-electron chi connectivity index (χ2n) is 5.50. The van der Waals surface area contributed by atoms with Crippen molar-refractivity contribution in [3.63, 3.8) is 0 Å². The molecule has 1 fully saturated rings. The summed E-state index contributed by atoms with van der Waals surface area (Å²) in [5, 5.41) is 12.2. The maximum atomic E-state index is 12.2. The number of hydrogen-bond donors (Lipinski definition) is 2. The van der Waals surface area contributed by atoms with Crippen LogP contribution >= 0.6 is 0 Å². The minimum atomic E-state index is -0.907. The molecule has 0 saturated heterocycles. The van der Waals surface area contributed by atoms with Crippen LogP contribution in [0.15, 0.2) is 30.3 Å². The van der Waals surface area contributed by atoms with Crippen LogP contribution in [-0.4, -0.2) is 23.5 Å². The molecule has 20 heavy (non-hydrogen) atoms. The lowest BCUT2D eigenvalue weighted by atomic mass is 9.66. The Labute approximate surface area is 119 Å². The van der Waals surface area contributed by atoms with Gasteiger partial charge in [-0.05, 0) is 24.8 Å². The molecule has 1 unspecified atom stereocenters. The van der Waals surface area contributed by atoms with Gasteiger partial charge in [-0.2, -0.15) is 0 Å². The molecule has 1 aromatic rings. The largest absolute Gasteiger partial charge is 0.481 e. The number of aliphatic carboxylic acids is 1. The van der Waals surface area contributed by atoms with E-state index in [1.165, 1.54) is 0 Å². The number of nitrogens with one attached hydrogen (secondary N) is 1. The summed E-state index contributed by atoms with van der Waals surface area (Å²) < 4.78 is 0. The summed E-state index contributed by atoms with van der Waals surface area (Å²) in [4.78, 5) is 23.6. The van der Waals surface area contributed by atoms with E-state index in [1.54, 1.807) is 12.1 Å². The van der Waals surface area contributed by atoms with E-state index in [2.05, 4.69) is 5.32 Å². The van der Waals surface area contributed by atoms with E-state index in [-0.39, 0.29) is 17.9 Å². The van der Waals surface area contributed by atoms with Gasteiger partial charge in [0.15, 0.2) is 0 Å². The van der Waals surface area contributed by atoms with Gasteiger partial charge in [-0.25, -0.2) is 0 Å². The minimum absolute atomic E-state index is 0.00781. The Bertz CT molecular complexity index is 474. The van der Waals surface area contributed by atoms with E-state index in [0.717, 1.165) is 31.2 Å². The fourth-order valence-corrected chi connectivity index (χ4v) is 2.76. The van der Waals surface area contributed by atoms with Gasteiger partial charge in [0, 0.05) is 12.0 Å². The zero-order valence-corrected chi connectivity index (χ0v) is 11.8. The summed E-state index contributed by atoms with van der Waals surface area (Å²) in [5.74, 6) is -1.58. The summed E-state index contributed by atoms with van der Waals surface area (Å²) in [6, 6.07) is 9.04. The maximum Gasteiger partial charge on any atom is 0.312 e. The van der Waals surface area contributed by atoms with Crippen LogP contribution in [0.4, 0.5) is 0 Å². The lowest BCUT2D eigenvalue weighted by molar-refractivity contribution is -0.139. The number of amides is 1. The second kappa shape index (κ2) is 6.07. The molecule has 1 aliphatic carbocycles. The van der Waals surface area contributed by atoms with Crippen molar-refractivity contribution in [2.45, 2.75) is 38.5 Å². The molecule has 0 heterocycles. The highest BCUT2D eigenvalue weighted by molar-refractivity contribution is 5.84. The fraction of sp³-hybridized carbons (Fsp3) is 0.500. The summed E-state index contributed by atoms with van der Waals surface area (Å²) in [6.45, 7) is 2.17. The predicted molar refractivity (Wildman–Crippen MR) is 76.4 cm³/mol.